The Labute approximate surface area is 154 Å². The van der Waals surface area contributed by atoms with Crippen LogP contribution in [-0.4, -0.2) is 20.7 Å². The SMILES string of the molecule is CCn1c(S[C@H](C)C(=O)Nc2ccc(F)cc2)nc2ccccc2c1=O. The van der Waals surface area contributed by atoms with E-state index in [-0.39, 0.29) is 17.3 Å². The van der Waals surface area contributed by atoms with E-state index in [9.17, 15) is 14.0 Å². The van der Waals surface area contributed by atoms with Crippen LogP contribution in [-0.2, 0) is 11.3 Å². The third-order valence-electron chi connectivity index (χ3n) is 3.91. The first-order valence-corrected chi connectivity index (χ1v) is 9.10. The smallest absolute Gasteiger partial charge is 0.262 e. The minimum absolute atomic E-state index is 0.119. The molecule has 0 saturated carbocycles. The van der Waals surface area contributed by atoms with Crippen LogP contribution in [0.2, 0.25) is 0 Å². The Hall–Kier alpha value is -2.67. The fraction of sp³-hybridized carbons (Fsp3) is 0.211. The van der Waals surface area contributed by atoms with Crippen LogP contribution in [0.15, 0.2) is 58.5 Å². The van der Waals surface area contributed by atoms with Gasteiger partial charge in [0, 0.05) is 12.2 Å². The summed E-state index contributed by atoms with van der Waals surface area (Å²) in [6, 6.07) is 12.7. The summed E-state index contributed by atoms with van der Waals surface area (Å²) in [6.45, 7) is 4.07. The molecule has 26 heavy (non-hydrogen) atoms. The topological polar surface area (TPSA) is 64.0 Å². The van der Waals surface area contributed by atoms with E-state index >= 15 is 0 Å². The molecule has 1 amide bonds. The van der Waals surface area contributed by atoms with Gasteiger partial charge in [0.05, 0.1) is 16.2 Å². The second-order valence-corrected chi connectivity index (χ2v) is 7.03. The maximum Gasteiger partial charge on any atom is 0.262 e. The number of benzene rings is 2. The lowest BCUT2D eigenvalue weighted by atomic mass is 10.2. The van der Waals surface area contributed by atoms with Crippen LogP contribution in [0.1, 0.15) is 13.8 Å². The zero-order valence-corrected chi connectivity index (χ0v) is 15.2. The number of hydrogen-bond acceptors (Lipinski definition) is 4. The lowest BCUT2D eigenvalue weighted by Crippen LogP contribution is -2.26. The van der Waals surface area contributed by atoms with Crippen molar-refractivity contribution in [2.75, 3.05) is 5.32 Å². The Bertz CT molecular complexity index is 1000. The first kappa shape index (κ1) is 18.1. The largest absolute Gasteiger partial charge is 0.325 e. The second-order valence-electron chi connectivity index (χ2n) is 5.72. The van der Waals surface area contributed by atoms with E-state index in [1.54, 1.807) is 29.7 Å². The molecule has 1 atom stereocenters. The third-order valence-corrected chi connectivity index (χ3v) is 5.00. The summed E-state index contributed by atoms with van der Waals surface area (Å²) >= 11 is 1.22. The summed E-state index contributed by atoms with van der Waals surface area (Å²) in [5.41, 5.74) is 1.01. The normalized spacial score (nSPS) is 12.1. The highest BCUT2D eigenvalue weighted by Gasteiger charge is 2.19. The molecule has 0 aliphatic carbocycles. The summed E-state index contributed by atoms with van der Waals surface area (Å²) in [5, 5.41) is 3.31. The Morgan fingerprint density at radius 2 is 1.92 bits per heavy atom. The van der Waals surface area contributed by atoms with Crippen molar-refractivity contribution < 1.29 is 9.18 Å². The molecule has 0 saturated heterocycles. The lowest BCUT2D eigenvalue weighted by Gasteiger charge is -2.15. The van der Waals surface area contributed by atoms with Crippen molar-refractivity contribution in [3.63, 3.8) is 0 Å². The van der Waals surface area contributed by atoms with E-state index < -0.39 is 5.25 Å². The number of anilines is 1. The maximum atomic E-state index is 13.0. The zero-order valence-electron chi connectivity index (χ0n) is 14.4. The molecule has 0 radical (unpaired) electrons. The Balaban J connectivity index is 1.84. The molecular formula is C19H18FN3O2S. The van der Waals surface area contributed by atoms with Crippen molar-refractivity contribution in [1.82, 2.24) is 9.55 Å². The second kappa shape index (κ2) is 7.70. The van der Waals surface area contributed by atoms with Gasteiger partial charge in [0.2, 0.25) is 5.91 Å². The molecule has 0 aliphatic heterocycles. The number of carbonyl (C=O) groups is 1. The molecule has 1 aromatic heterocycles. The summed E-state index contributed by atoms with van der Waals surface area (Å²) in [4.78, 5) is 29.6. The van der Waals surface area contributed by atoms with E-state index in [0.717, 1.165) is 0 Å². The van der Waals surface area contributed by atoms with Gasteiger partial charge in [0.15, 0.2) is 5.16 Å². The quantitative estimate of drug-likeness (QED) is 0.549. The highest BCUT2D eigenvalue weighted by atomic mass is 32.2. The molecular weight excluding hydrogens is 353 g/mol. The van der Waals surface area contributed by atoms with Crippen molar-refractivity contribution >= 4 is 34.3 Å². The van der Waals surface area contributed by atoms with E-state index in [4.69, 9.17) is 0 Å². The minimum Gasteiger partial charge on any atom is -0.325 e. The van der Waals surface area contributed by atoms with Crippen LogP contribution in [0.4, 0.5) is 10.1 Å². The number of amides is 1. The monoisotopic (exact) mass is 371 g/mol. The lowest BCUT2D eigenvalue weighted by molar-refractivity contribution is -0.115. The average molecular weight is 371 g/mol. The molecule has 5 nitrogen and oxygen atoms in total. The van der Waals surface area contributed by atoms with Gasteiger partial charge in [0.25, 0.3) is 5.56 Å². The van der Waals surface area contributed by atoms with Gasteiger partial charge in [-0.2, -0.15) is 0 Å². The predicted molar refractivity (Wildman–Crippen MR) is 102 cm³/mol. The average Bonchev–Trinajstić information content (AvgIpc) is 2.64. The Morgan fingerprint density at radius 1 is 1.23 bits per heavy atom. The van der Waals surface area contributed by atoms with Crippen LogP contribution in [0.3, 0.4) is 0 Å². The van der Waals surface area contributed by atoms with E-state index in [2.05, 4.69) is 10.3 Å². The number of para-hydroxylation sites is 1. The van der Waals surface area contributed by atoms with Gasteiger partial charge in [-0.1, -0.05) is 23.9 Å². The highest BCUT2D eigenvalue weighted by molar-refractivity contribution is 8.00. The first-order valence-electron chi connectivity index (χ1n) is 8.22. The maximum absolute atomic E-state index is 13.0. The van der Waals surface area contributed by atoms with Crippen molar-refractivity contribution in [3.8, 4) is 0 Å². The standard InChI is InChI=1S/C19H18FN3O2S/c1-3-23-18(25)15-6-4-5-7-16(15)22-19(23)26-12(2)17(24)21-14-10-8-13(20)9-11-14/h4-12H,3H2,1-2H3,(H,21,24)/t12-/m1/s1. The number of carbonyl (C=O) groups excluding carboxylic acids is 1. The van der Waals surface area contributed by atoms with Crippen LogP contribution in [0.5, 0.6) is 0 Å². The summed E-state index contributed by atoms with van der Waals surface area (Å²) in [7, 11) is 0. The number of thioether (sulfide) groups is 1. The predicted octanol–water partition coefficient (Wildman–Crippen LogP) is 3.67. The number of rotatable bonds is 5. The van der Waals surface area contributed by atoms with Crippen molar-refractivity contribution in [1.29, 1.82) is 0 Å². The summed E-state index contributed by atoms with van der Waals surface area (Å²) in [5.74, 6) is -0.607. The Morgan fingerprint density at radius 3 is 2.62 bits per heavy atom. The van der Waals surface area contributed by atoms with Crippen LogP contribution >= 0.6 is 11.8 Å². The van der Waals surface area contributed by atoms with Gasteiger partial charge in [-0.15, -0.1) is 0 Å². The summed E-state index contributed by atoms with van der Waals surface area (Å²) in [6.07, 6.45) is 0. The van der Waals surface area contributed by atoms with Gasteiger partial charge in [-0.05, 0) is 50.2 Å². The zero-order chi connectivity index (χ0) is 18.7. The van der Waals surface area contributed by atoms with Gasteiger partial charge in [-0.25, -0.2) is 9.37 Å². The van der Waals surface area contributed by atoms with E-state index in [1.165, 1.54) is 36.0 Å². The fourth-order valence-electron chi connectivity index (χ4n) is 2.51. The van der Waals surface area contributed by atoms with Crippen LogP contribution in [0, 0.1) is 5.82 Å². The van der Waals surface area contributed by atoms with Crippen molar-refractivity contribution in [2.24, 2.45) is 0 Å². The van der Waals surface area contributed by atoms with Crippen LogP contribution in [0.25, 0.3) is 10.9 Å². The molecule has 134 valence electrons. The number of nitrogens with one attached hydrogen (secondary N) is 1. The van der Waals surface area contributed by atoms with Gasteiger partial charge >= 0.3 is 0 Å². The summed E-state index contributed by atoms with van der Waals surface area (Å²) < 4.78 is 14.5. The molecule has 2 aromatic carbocycles. The molecule has 0 fully saturated rings. The van der Waals surface area contributed by atoms with Gasteiger partial charge < -0.3 is 5.32 Å². The number of fused-ring (bicyclic) bond motifs is 1. The fourth-order valence-corrected chi connectivity index (χ4v) is 3.48. The van der Waals surface area contributed by atoms with Crippen molar-refractivity contribution in [2.45, 2.75) is 30.8 Å². The van der Waals surface area contributed by atoms with E-state index in [0.29, 0.717) is 28.3 Å². The molecule has 0 aliphatic rings. The van der Waals surface area contributed by atoms with Gasteiger partial charge in [-0.3, -0.25) is 14.2 Å². The Kier molecular flexibility index (Phi) is 5.37. The molecule has 7 heteroatoms. The first-order chi connectivity index (χ1) is 12.5. The highest BCUT2D eigenvalue weighted by Crippen LogP contribution is 2.23. The van der Waals surface area contributed by atoms with Gasteiger partial charge in [0.1, 0.15) is 5.82 Å². The van der Waals surface area contributed by atoms with Crippen LogP contribution < -0.4 is 10.9 Å². The number of hydrogen-bond donors (Lipinski definition) is 1. The number of nitrogens with zero attached hydrogens (tertiary/aromatic N) is 2. The molecule has 0 spiro atoms. The van der Waals surface area contributed by atoms with E-state index in [1.807, 2.05) is 13.0 Å². The molecule has 0 bridgehead atoms. The molecule has 3 aromatic rings. The van der Waals surface area contributed by atoms with Crippen molar-refractivity contribution in [3.05, 3.63) is 64.7 Å². The number of aromatic nitrogens is 2. The third kappa shape index (κ3) is 3.77. The molecule has 3 rings (SSSR count). The molecule has 0 unspecified atom stereocenters. The minimum atomic E-state index is -0.481. The number of halogens is 1. The molecule has 1 heterocycles. The molecule has 1 N–H and O–H groups in total.